The summed E-state index contributed by atoms with van der Waals surface area (Å²) in [6.07, 6.45) is 1.18. The van der Waals surface area contributed by atoms with Gasteiger partial charge in [-0.3, -0.25) is 0 Å². The maximum absolute atomic E-state index is 4.71. The Balaban J connectivity index is 2.37. The van der Waals surface area contributed by atoms with Crippen molar-refractivity contribution < 1.29 is 0 Å². The molecule has 0 aromatic carbocycles. The molecule has 0 bridgehead atoms. The molecule has 0 radical (unpaired) electrons. The van der Waals surface area contributed by atoms with Crippen LogP contribution in [0.15, 0.2) is 0 Å². The summed E-state index contributed by atoms with van der Waals surface area (Å²) in [6.45, 7) is 8.88. The molecule has 2 heterocycles. The van der Waals surface area contributed by atoms with E-state index in [-0.39, 0.29) is 5.41 Å². The molecule has 2 aromatic heterocycles. The third-order valence-corrected chi connectivity index (χ3v) is 4.08. The lowest BCUT2D eigenvalue weighted by Gasteiger charge is -2.17. The van der Waals surface area contributed by atoms with Crippen LogP contribution in [0.25, 0.3) is 4.96 Å². The number of rotatable bonds is 0. The van der Waals surface area contributed by atoms with Crippen LogP contribution in [-0.4, -0.2) is 14.6 Å². The van der Waals surface area contributed by atoms with E-state index in [4.69, 9.17) is 4.98 Å². The van der Waals surface area contributed by atoms with Crippen molar-refractivity contribution >= 4 is 16.3 Å². The van der Waals surface area contributed by atoms with Crippen molar-refractivity contribution in [3.63, 3.8) is 0 Å². The molecule has 0 spiro atoms. The van der Waals surface area contributed by atoms with E-state index in [1.54, 1.807) is 11.3 Å². The lowest BCUT2D eigenvalue weighted by Crippen LogP contribution is -2.15. The Morgan fingerprint density at radius 1 is 1.47 bits per heavy atom. The number of nitrogens with zero attached hydrogens (tertiary/aromatic N) is 3. The van der Waals surface area contributed by atoms with E-state index >= 15 is 0 Å². The average molecular weight is 221 g/mol. The number of hydrogen-bond donors (Lipinski definition) is 0. The Morgan fingerprint density at radius 2 is 2.20 bits per heavy atom. The minimum atomic E-state index is 0.217. The first-order valence-electron chi connectivity index (χ1n) is 5.35. The summed E-state index contributed by atoms with van der Waals surface area (Å²) >= 11 is 1.68. The second kappa shape index (κ2) is 2.61. The molecular weight excluding hydrogens is 206 g/mol. The number of aryl methyl sites for hydroxylation is 1. The molecule has 4 heteroatoms. The van der Waals surface area contributed by atoms with Gasteiger partial charge in [-0.2, -0.15) is 5.10 Å². The zero-order valence-electron chi connectivity index (χ0n) is 9.53. The van der Waals surface area contributed by atoms with Crippen LogP contribution < -0.4 is 0 Å². The zero-order valence-corrected chi connectivity index (χ0v) is 10.4. The normalized spacial score (nSPS) is 23.6. The third-order valence-electron chi connectivity index (χ3n) is 3.26. The number of imidazole rings is 1. The van der Waals surface area contributed by atoms with Crippen LogP contribution in [-0.2, 0) is 5.41 Å². The molecule has 2 aromatic rings. The maximum Gasteiger partial charge on any atom is 0.212 e. The predicted molar refractivity (Wildman–Crippen MR) is 61.7 cm³/mol. The zero-order chi connectivity index (χ0) is 10.8. The number of hydrogen-bond acceptors (Lipinski definition) is 3. The van der Waals surface area contributed by atoms with Crippen molar-refractivity contribution in [3.05, 3.63) is 16.4 Å². The van der Waals surface area contributed by atoms with E-state index in [0.717, 1.165) is 9.97 Å². The topological polar surface area (TPSA) is 30.2 Å². The molecule has 0 saturated heterocycles. The Hall–Kier alpha value is -0.900. The van der Waals surface area contributed by atoms with E-state index in [9.17, 15) is 0 Å². The Kier molecular flexibility index (Phi) is 1.63. The molecule has 0 amide bonds. The van der Waals surface area contributed by atoms with Crippen molar-refractivity contribution in [3.8, 4) is 0 Å². The van der Waals surface area contributed by atoms with Crippen LogP contribution >= 0.6 is 11.3 Å². The summed E-state index contributed by atoms with van der Waals surface area (Å²) in [6, 6.07) is 0. The van der Waals surface area contributed by atoms with Crippen LogP contribution in [0.5, 0.6) is 0 Å². The van der Waals surface area contributed by atoms with Crippen molar-refractivity contribution in [2.75, 3.05) is 0 Å². The van der Waals surface area contributed by atoms with Gasteiger partial charge in [-0.25, -0.2) is 9.50 Å². The molecule has 0 saturated carbocycles. The van der Waals surface area contributed by atoms with E-state index in [2.05, 4.69) is 30.4 Å². The average Bonchev–Trinajstić information content (AvgIpc) is 2.62. The minimum Gasteiger partial charge on any atom is -0.222 e. The molecule has 0 aliphatic heterocycles. The summed E-state index contributed by atoms with van der Waals surface area (Å²) in [5, 5.41) is 5.64. The molecule has 3 rings (SSSR count). The van der Waals surface area contributed by atoms with Gasteiger partial charge in [-0.1, -0.05) is 32.1 Å². The highest BCUT2D eigenvalue weighted by Gasteiger charge is 2.40. The smallest absolute Gasteiger partial charge is 0.212 e. The second-order valence-corrected chi connectivity index (χ2v) is 6.31. The molecule has 15 heavy (non-hydrogen) atoms. The fraction of sp³-hybridized carbons (Fsp3) is 0.636. The standard InChI is InChI=1S/C11H15N3S/c1-6-5-11(3,4)9-8(6)12-10-14(9)13-7(2)15-10/h6H,5H2,1-4H3. The number of fused-ring (bicyclic) bond motifs is 3. The van der Waals surface area contributed by atoms with E-state index < -0.39 is 0 Å². The van der Waals surface area contributed by atoms with Gasteiger partial charge in [0.1, 0.15) is 5.01 Å². The summed E-state index contributed by atoms with van der Waals surface area (Å²) in [7, 11) is 0. The van der Waals surface area contributed by atoms with Gasteiger partial charge in [-0.15, -0.1) is 0 Å². The van der Waals surface area contributed by atoms with Crippen molar-refractivity contribution in [1.82, 2.24) is 14.6 Å². The second-order valence-electron chi connectivity index (χ2n) is 5.15. The Bertz CT molecular complexity index is 535. The van der Waals surface area contributed by atoms with Crippen molar-refractivity contribution in [1.29, 1.82) is 0 Å². The van der Waals surface area contributed by atoms with Gasteiger partial charge in [0, 0.05) is 11.3 Å². The molecule has 1 atom stereocenters. The van der Waals surface area contributed by atoms with Gasteiger partial charge in [0.15, 0.2) is 0 Å². The lowest BCUT2D eigenvalue weighted by molar-refractivity contribution is 0.469. The van der Waals surface area contributed by atoms with Gasteiger partial charge < -0.3 is 0 Å². The van der Waals surface area contributed by atoms with Crippen molar-refractivity contribution in [2.45, 2.75) is 45.4 Å². The fourth-order valence-corrected chi connectivity index (χ4v) is 3.54. The molecule has 3 nitrogen and oxygen atoms in total. The highest BCUT2D eigenvalue weighted by atomic mass is 32.1. The summed E-state index contributed by atoms with van der Waals surface area (Å²) in [5.41, 5.74) is 2.81. The van der Waals surface area contributed by atoms with Crippen LogP contribution in [0.3, 0.4) is 0 Å². The largest absolute Gasteiger partial charge is 0.222 e. The first-order chi connectivity index (χ1) is 6.99. The van der Waals surface area contributed by atoms with Crippen LogP contribution in [0, 0.1) is 6.92 Å². The lowest BCUT2D eigenvalue weighted by atomic mass is 9.89. The van der Waals surface area contributed by atoms with Gasteiger partial charge in [0.25, 0.3) is 0 Å². The molecule has 1 unspecified atom stereocenters. The van der Waals surface area contributed by atoms with E-state index in [1.807, 2.05) is 6.92 Å². The molecule has 80 valence electrons. The summed E-state index contributed by atoms with van der Waals surface area (Å²) in [5.74, 6) is 0.573. The SMILES string of the molecule is Cc1nn2c3c(nc2s1)C(C)CC3(C)C. The molecule has 0 N–H and O–H groups in total. The number of aromatic nitrogens is 3. The first kappa shape index (κ1) is 9.33. The van der Waals surface area contributed by atoms with Crippen molar-refractivity contribution in [2.24, 2.45) is 0 Å². The van der Waals surface area contributed by atoms with Crippen LogP contribution in [0.4, 0.5) is 0 Å². The van der Waals surface area contributed by atoms with Crippen LogP contribution in [0.1, 0.15) is 49.5 Å². The Morgan fingerprint density at radius 3 is 2.93 bits per heavy atom. The van der Waals surface area contributed by atoms with Gasteiger partial charge in [-0.05, 0) is 13.3 Å². The Labute approximate surface area is 93.1 Å². The van der Waals surface area contributed by atoms with Gasteiger partial charge in [0.2, 0.25) is 4.96 Å². The molecule has 1 aliphatic rings. The maximum atomic E-state index is 4.71. The highest BCUT2D eigenvalue weighted by molar-refractivity contribution is 7.16. The molecular formula is C11H15N3S. The molecule has 0 fully saturated rings. The van der Waals surface area contributed by atoms with Gasteiger partial charge >= 0.3 is 0 Å². The van der Waals surface area contributed by atoms with Gasteiger partial charge in [0.05, 0.1) is 11.4 Å². The fourth-order valence-electron chi connectivity index (χ4n) is 2.80. The van der Waals surface area contributed by atoms with E-state index in [0.29, 0.717) is 5.92 Å². The minimum absolute atomic E-state index is 0.217. The molecule has 1 aliphatic carbocycles. The van der Waals surface area contributed by atoms with Crippen LogP contribution in [0.2, 0.25) is 0 Å². The summed E-state index contributed by atoms with van der Waals surface area (Å²) < 4.78 is 2.05. The monoisotopic (exact) mass is 221 g/mol. The highest BCUT2D eigenvalue weighted by Crippen LogP contribution is 2.45. The quantitative estimate of drug-likeness (QED) is 0.684. The third kappa shape index (κ3) is 1.11. The first-order valence-corrected chi connectivity index (χ1v) is 6.17. The summed E-state index contributed by atoms with van der Waals surface area (Å²) in [4.78, 5) is 5.76. The van der Waals surface area contributed by atoms with E-state index in [1.165, 1.54) is 17.8 Å². The predicted octanol–water partition coefficient (Wildman–Crippen LogP) is 2.88.